The molecule has 1 N–H and O–H groups in total. The Bertz CT molecular complexity index is 743. The quantitative estimate of drug-likeness (QED) is 0.670. The fourth-order valence-electron chi connectivity index (χ4n) is 1.99. The second-order valence-electron chi connectivity index (χ2n) is 5.19. The molecule has 0 aromatic heterocycles. The van der Waals surface area contributed by atoms with Gasteiger partial charge in [-0.25, -0.2) is 0 Å². The molecule has 2 aromatic carbocycles. The van der Waals surface area contributed by atoms with E-state index in [2.05, 4.69) is 5.32 Å². The highest BCUT2D eigenvalue weighted by atomic mass is 16.5. The van der Waals surface area contributed by atoms with Gasteiger partial charge in [0.25, 0.3) is 5.91 Å². The summed E-state index contributed by atoms with van der Waals surface area (Å²) in [6, 6.07) is 18.3. The molecular formula is C19H18N2O2. The molecule has 0 aliphatic carbocycles. The summed E-state index contributed by atoms with van der Waals surface area (Å²) in [7, 11) is 0. The molecule has 0 saturated heterocycles. The Balaban J connectivity index is 2.25. The predicted octanol–water partition coefficient (Wildman–Crippen LogP) is 4.02. The number of nitriles is 1. The number of carbonyl (C=O) groups excluding carboxylic acids is 1. The second kappa shape index (κ2) is 7.81. The summed E-state index contributed by atoms with van der Waals surface area (Å²) in [5.74, 6) is 0.195. The number of nitrogens with zero attached hydrogens (tertiary/aromatic N) is 1. The summed E-state index contributed by atoms with van der Waals surface area (Å²) in [4.78, 5) is 12.2. The van der Waals surface area contributed by atoms with Crippen LogP contribution in [0.4, 0.5) is 5.69 Å². The van der Waals surface area contributed by atoms with Gasteiger partial charge in [0.2, 0.25) is 0 Å². The number of hydrogen-bond acceptors (Lipinski definition) is 3. The molecule has 2 aromatic rings. The van der Waals surface area contributed by atoms with Crippen molar-refractivity contribution in [1.82, 2.24) is 0 Å². The molecule has 0 bridgehead atoms. The number of rotatable bonds is 5. The standard InChI is InChI=1S/C19H18N2O2/c1-14(2)23-18-11-7-6-8-15(18)12-16(13-20)19(22)21-17-9-4-3-5-10-17/h3-12,14H,1-2H3,(H,21,22). The first kappa shape index (κ1) is 16.3. The van der Waals surface area contributed by atoms with E-state index in [1.165, 1.54) is 6.08 Å². The van der Waals surface area contributed by atoms with Crippen LogP contribution < -0.4 is 10.1 Å². The van der Waals surface area contributed by atoms with E-state index in [0.29, 0.717) is 17.0 Å². The van der Waals surface area contributed by atoms with E-state index in [1.54, 1.807) is 12.1 Å². The third-order valence-electron chi connectivity index (χ3n) is 2.98. The number of hydrogen-bond donors (Lipinski definition) is 1. The number of para-hydroxylation sites is 2. The van der Waals surface area contributed by atoms with Crippen LogP contribution in [0.3, 0.4) is 0 Å². The molecule has 0 aliphatic heterocycles. The Morgan fingerprint density at radius 1 is 1.13 bits per heavy atom. The van der Waals surface area contributed by atoms with Crippen LogP contribution in [0.2, 0.25) is 0 Å². The van der Waals surface area contributed by atoms with Crippen LogP contribution in [0.25, 0.3) is 6.08 Å². The third-order valence-corrected chi connectivity index (χ3v) is 2.98. The first-order chi connectivity index (χ1) is 11.1. The van der Waals surface area contributed by atoms with Crippen LogP contribution >= 0.6 is 0 Å². The summed E-state index contributed by atoms with van der Waals surface area (Å²) in [6.45, 7) is 3.85. The van der Waals surface area contributed by atoms with Gasteiger partial charge >= 0.3 is 0 Å². The van der Waals surface area contributed by atoms with Gasteiger partial charge in [-0.2, -0.15) is 5.26 Å². The average Bonchev–Trinajstić information content (AvgIpc) is 2.54. The molecule has 0 saturated carbocycles. The van der Waals surface area contributed by atoms with E-state index in [1.807, 2.05) is 62.4 Å². The Kier molecular flexibility index (Phi) is 5.54. The molecule has 0 spiro atoms. The Hall–Kier alpha value is -3.06. The maximum Gasteiger partial charge on any atom is 0.266 e. The van der Waals surface area contributed by atoms with Crippen molar-refractivity contribution in [3.05, 3.63) is 65.7 Å². The first-order valence-electron chi connectivity index (χ1n) is 7.34. The zero-order valence-corrected chi connectivity index (χ0v) is 13.1. The summed E-state index contributed by atoms with van der Waals surface area (Å²) in [6.07, 6.45) is 1.55. The molecule has 4 heteroatoms. The number of carbonyl (C=O) groups is 1. The van der Waals surface area contributed by atoms with Crippen LogP contribution in [0.15, 0.2) is 60.2 Å². The van der Waals surface area contributed by atoms with Crippen molar-refractivity contribution in [2.45, 2.75) is 20.0 Å². The monoisotopic (exact) mass is 306 g/mol. The van der Waals surface area contributed by atoms with Crippen molar-refractivity contribution < 1.29 is 9.53 Å². The lowest BCUT2D eigenvalue weighted by molar-refractivity contribution is -0.112. The highest BCUT2D eigenvalue weighted by Gasteiger charge is 2.11. The number of nitrogens with one attached hydrogen (secondary N) is 1. The Morgan fingerprint density at radius 3 is 2.43 bits per heavy atom. The molecule has 23 heavy (non-hydrogen) atoms. The van der Waals surface area contributed by atoms with Crippen molar-refractivity contribution in [3.63, 3.8) is 0 Å². The highest BCUT2D eigenvalue weighted by molar-refractivity contribution is 6.09. The van der Waals surface area contributed by atoms with Crippen LogP contribution in [-0.4, -0.2) is 12.0 Å². The molecule has 116 valence electrons. The van der Waals surface area contributed by atoms with E-state index in [9.17, 15) is 10.1 Å². The smallest absolute Gasteiger partial charge is 0.266 e. The average molecular weight is 306 g/mol. The van der Waals surface area contributed by atoms with Crippen LogP contribution in [0.5, 0.6) is 5.75 Å². The predicted molar refractivity (Wildman–Crippen MR) is 90.9 cm³/mol. The maximum atomic E-state index is 12.2. The number of amides is 1. The molecule has 1 amide bonds. The molecular weight excluding hydrogens is 288 g/mol. The van der Waals surface area contributed by atoms with E-state index >= 15 is 0 Å². The van der Waals surface area contributed by atoms with Gasteiger partial charge in [-0.05, 0) is 38.1 Å². The van der Waals surface area contributed by atoms with Gasteiger partial charge in [0.1, 0.15) is 17.4 Å². The molecule has 0 aliphatic rings. The summed E-state index contributed by atoms with van der Waals surface area (Å²) < 4.78 is 5.70. The molecule has 0 fully saturated rings. The minimum atomic E-state index is -0.446. The van der Waals surface area contributed by atoms with Crippen molar-refractivity contribution in [2.24, 2.45) is 0 Å². The van der Waals surface area contributed by atoms with Gasteiger partial charge in [-0.3, -0.25) is 4.79 Å². The van der Waals surface area contributed by atoms with Crippen molar-refractivity contribution in [2.75, 3.05) is 5.32 Å². The van der Waals surface area contributed by atoms with Crippen LogP contribution in [0.1, 0.15) is 19.4 Å². The van der Waals surface area contributed by atoms with Crippen LogP contribution in [0, 0.1) is 11.3 Å². The molecule has 2 rings (SSSR count). The summed E-state index contributed by atoms with van der Waals surface area (Å²) in [5, 5.41) is 12.0. The minimum absolute atomic E-state index is 0.00762. The highest BCUT2D eigenvalue weighted by Crippen LogP contribution is 2.22. The normalized spacial score (nSPS) is 11.0. The molecule has 4 nitrogen and oxygen atoms in total. The fraction of sp³-hybridized carbons (Fsp3) is 0.158. The van der Waals surface area contributed by atoms with Crippen molar-refractivity contribution in [1.29, 1.82) is 5.26 Å². The van der Waals surface area contributed by atoms with Crippen LogP contribution in [-0.2, 0) is 4.79 Å². The first-order valence-corrected chi connectivity index (χ1v) is 7.34. The lowest BCUT2D eigenvalue weighted by Gasteiger charge is -2.12. The van der Waals surface area contributed by atoms with Crippen molar-refractivity contribution in [3.8, 4) is 11.8 Å². The van der Waals surface area contributed by atoms with Gasteiger partial charge in [-0.1, -0.05) is 36.4 Å². The topological polar surface area (TPSA) is 62.1 Å². The number of ether oxygens (including phenoxy) is 1. The lowest BCUT2D eigenvalue weighted by Crippen LogP contribution is -2.13. The third kappa shape index (κ3) is 4.72. The maximum absolute atomic E-state index is 12.2. The fourth-order valence-corrected chi connectivity index (χ4v) is 1.99. The molecule has 0 atom stereocenters. The SMILES string of the molecule is CC(C)Oc1ccccc1C=C(C#N)C(=O)Nc1ccccc1. The summed E-state index contributed by atoms with van der Waals surface area (Å²) >= 11 is 0. The van der Waals surface area contributed by atoms with Gasteiger partial charge < -0.3 is 10.1 Å². The lowest BCUT2D eigenvalue weighted by atomic mass is 10.1. The van der Waals surface area contributed by atoms with Gasteiger partial charge in [0.05, 0.1) is 6.10 Å². The molecule has 0 unspecified atom stereocenters. The minimum Gasteiger partial charge on any atom is -0.490 e. The van der Waals surface area contributed by atoms with E-state index < -0.39 is 5.91 Å². The summed E-state index contributed by atoms with van der Waals surface area (Å²) in [5.41, 5.74) is 1.36. The van der Waals surface area contributed by atoms with Crippen molar-refractivity contribution >= 4 is 17.7 Å². The van der Waals surface area contributed by atoms with Gasteiger partial charge in [-0.15, -0.1) is 0 Å². The number of benzene rings is 2. The Labute approximate surface area is 136 Å². The Morgan fingerprint density at radius 2 is 1.78 bits per heavy atom. The zero-order chi connectivity index (χ0) is 16.7. The van der Waals surface area contributed by atoms with Gasteiger partial charge in [0, 0.05) is 11.3 Å². The van der Waals surface area contributed by atoms with E-state index in [0.717, 1.165) is 0 Å². The van der Waals surface area contributed by atoms with E-state index in [-0.39, 0.29) is 11.7 Å². The van der Waals surface area contributed by atoms with E-state index in [4.69, 9.17) is 4.74 Å². The zero-order valence-electron chi connectivity index (χ0n) is 13.1. The second-order valence-corrected chi connectivity index (χ2v) is 5.19. The van der Waals surface area contributed by atoms with Gasteiger partial charge in [0.15, 0.2) is 0 Å². The molecule has 0 radical (unpaired) electrons. The number of anilines is 1. The molecule has 0 heterocycles. The largest absolute Gasteiger partial charge is 0.490 e.